The molecule has 1 N–H and O–H groups in total. The molecule has 1 aliphatic rings. The Balaban J connectivity index is 2.03. The molecule has 0 spiro atoms. The SMILES string of the molecule is Cc1cc2c(c3oc(C(C)O)cc13)C(=O)c1c(OC(C)C)cccc1C2=O. The highest BCUT2D eigenvalue weighted by Gasteiger charge is 2.36. The minimum atomic E-state index is -0.811. The summed E-state index contributed by atoms with van der Waals surface area (Å²) in [5.74, 6) is 0.225. The molecule has 1 atom stereocenters. The predicted octanol–water partition coefficient (Wildman–Crippen LogP) is 4.36. The number of benzene rings is 2. The van der Waals surface area contributed by atoms with Crippen molar-refractivity contribution in [2.75, 3.05) is 0 Å². The molecule has 3 aromatic rings. The third-order valence-electron chi connectivity index (χ3n) is 4.78. The van der Waals surface area contributed by atoms with Gasteiger partial charge in [-0.1, -0.05) is 12.1 Å². The maximum Gasteiger partial charge on any atom is 0.202 e. The van der Waals surface area contributed by atoms with Crippen LogP contribution in [0, 0.1) is 6.92 Å². The van der Waals surface area contributed by atoms with Gasteiger partial charge in [-0.2, -0.15) is 0 Å². The first-order chi connectivity index (χ1) is 12.8. The van der Waals surface area contributed by atoms with Gasteiger partial charge in [0.25, 0.3) is 0 Å². The van der Waals surface area contributed by atoms with E-state index in [1.807, 2.05) is 20.8 Å². The van der Waals surface area contributed by atoms with E-state index in [-0.39, 0.29) is 28.8 Å². The second kappa shape index (κ2) is 6.06. The maximum atomic E-state index is 13.4. The van der Waals surface area contributed by atoms with Gasteiger partial charge in [0.05, 0.1) is 17.2 Å². The van der Waals surface area contributed by atoms with Gasteiger partial charge in [-0.3, -0.25) is 9.59 Å². The number of carbonyl (C=O) groups is 2. The van der Waals surface area contributed by atoms with Crippen molar-refractivity contribution in [3.05, 3.63) is 63.9 Å². The second-order valence-electron chi connectivity index (χ2n) is 7.19. The molecule has 1 unspecified atom stereocenters. The Morgan fingerprint density at radius 2 is 1.74 bits per heavy atom. The van der Waals surface area contributed by atoms with Crippen molar-refractivity contribution in [2.24, 2.45) is 0 Å². The lowest BCUT2D eigenvalue weighted by molar-refractivity contribution is 0.0974. The van der Waals surface area contributed by atoms with Crippen molar-refractivity contribution in [1.29, 1.82) is 0 Å². The molecule has 0 bridgehead atoms. The summed E-state index contributed by atoms with van der Waals surface area (Å²) in [4.78, 5) is 26.5. The molecule has 0 saturated heterocycles. The molecule has 27 heavy (non-hydrogen) atoms. The average Bonchev–Trinajstić information content (AvgIpc) is 3.05. The summed E-state index contributed by atoms with van der Waals surface area (Å²) in [7, 11) is 0. The number of aryl methyl sites for hydroxylation is 1. The van der Waals surface area contributed by atoms with Crippen molar-refractivity contribution >= 4 is 22.5 Å². The van der Waals surface area contributed by atoms with Gasteiger partial charge < -0.3 is 14.3 Å². The largest absolute Gasteiger partial charge is 0.490 e. The molecule has 0 saturated carbocycles. The van der Waals surface area contributed by atoms with Gasteiger partial charge in [-0.15, -0.1) is 0 Å². The molecular formula is C22H20O5. The van der Waals surface area contributed by atoms with E-state index < -0.39 is 6.10 Å². The van der Waals surface area contributed by atoms with Crippen molar-refractivity contribution < 1.29 is 23.8 Å². The van der Waals surface area contributed by atoms with E-state index >= 15 is 0 Å². The highest BCUT2D eigenvalue weighted by Crippen LogP contribution is 2.39. The Kier molecular flexibility index (Phi) is 3.93. The van der Waals surface area contributed by atoms with Crippen LogP contribution in [0.25, 0.3) is 11.0 Å². The molecule has 2 aromatic carbocycles. The number of furan rings is 1. The number of aliphatic hydroxyl groups excluding tert-OH is 1. The lowest BCUT2D eigenvalue weighted by atomic mass is 9.82. The Labute approximate surface area is 156 Å². The third kappa shape index (κ3) is 2.58. The fourth-order valence-corrected chi connectivity index (χ4v) is 3.56. The smallest absolute Gasteiger partial charge is 0.202 e. The lowest BCUT2D eigenvalue weighted by Gasteiger charge is -2.22. The van der Waals surface area contributed by atoms with Crippen molar-refractivity contribution in [2.45, 2.75) is 39.9 Å². The highest BCUT2D eigenvalue weighted by molar-refractivity contribution is 6.32. The number of rotatable bonds is 3. The zero-order chi connectivity index (χ0) is 19.5. The van der Waals surface area contributed by atoms with Gasteiger partial charge in [-0.05, 0) is 51.5 Å². The fourth-order valence-electron chi connectivity index (χ4n) is 3.56. The molecule has 5 nitrogen and oxygen atoms in total. The second-order valence-corrected chi connectivity index (χ2v) is 7.19. The quantitative estimate of drug-likeness (QED) is 0.584. The van der Waals surface area contributed by atoms with Crippen LogP contribution >= 0.6 is 0 Å². The lowest BCUT2D eigenvalue weighted by Crippen LogP contribution is -2.23. The molecule has 1 heterocycles. The summed E-state index contributed by atoms with van der Waals surface area (Å²) in [5, 5.41) is 10.6. The summed E-state index contributed by atoms with van der Waals surface area (Å²) in [6, 6.07) is 8.51. The number of aliphatic hydroxyl groups is 1. The van der Waals surface area contributed by atoms with E-state index in [2.05, 4.69) is 0 Å². The third-order valence-corrected chi connectivity index (χ3v) is 4.78. The standard InChI is InChI=1S/C22H20O5/c1-10(2)26-16-7-5-6-13-18(16)21(25)19-15(20(13)24)8-11(3)14-9-17(12(4)23)27-22(14)19/h5-10,12,23H,1-4H3. The molecule has 1 aromatic heterocycles. The molecule has 0 amide bonds. The summed E-state index contributed by atoms with van der Waals surface area (Å²) in [6.45, 7) is 7.18. The zero-order valence-electron chi connectivity index (χ0n) is 15.6. The van der Waals surface area contributed by atoms with Crippen molar-refractivity contribution in [3.63, 3.8) is 0 Å². The van der Waals surface area contributed by atoms with Crippen molar-refractivity contribution in [3.8, 4) is 5.75 Å². The number of hydrogen-bond donors (Lipinski definition) is 1. The maximum absolute atomic E-state index is 13.4. The summed E-state index contributed by atoms with van der Waals surface area (Å²) in [6.07, 6.45) is -0.946. The molecule has 0 aliphatic heterocycles. The first-order valence-electron chi connectivity index (χ1n) is 8.93. The Morgan fingerprint density at radius 1 is 1.00 bits per heavy atom. The van der Waals surface area contributed by atoms with Gasteiger partial charge >= 0.3 is 0 Å². The Morgan fingerprint density at radius 3 is 2.41 bits per heavy atom. The van der Waals surface area contributed by atoms with Crippen LogP contribution < -0.4 is 4.74 Å². The number of ether oxygens (including phenoxy) is 1. The van der Waals surface area contributed by atoms with Gasteiger partial charge in [-0.25, -0.2) is 0 Å². The zero-order valence-corrected chi connectivity index (χ0v) is 15.6. The summed E-state index contributed by atoms with van der Waals surface area (Å²) in [5.41, 5.74) is 2.32. The normalized spacial score (nSPS) is 14.4. The fraction of sp³-hybridized carbons (Fsp3) is 0.273. The Bertz CT molecular complexity index is 1100. The van der Waals surface area contributed by atoms with Crippen LogP contribution in [0.4, 0.5) is 0 Å². The molecular weight excluding hydrogens is 344 g/mol. The highest BCUT2D eigenvalue weighted by atomic mass is 16.5. The van der Waals surface area contributed by atoms with Crippen LogP contribution in [0.3, 0.4) is 0 Å². The topological polar surface area (TPSA) is 76.7 Å². The van der Waals surface area contributed by atoms with E-state index in [9.17, 15) is 14.7 Å². The minimum absolute atomic E-state index is 0.135. The molecule has 4 rings (SSSR count). The minimum Gasteiger partial charge on any atom is -0.490 e. The molecule has 0 fully saturated rings. The van der Waals surface area contributed by atoms with Crippen molar-refractivity contribution in [1.82, 2.24) is 0 Å². The van der Waals surface area contributed by atoms with Crippen LogP contribution in [0.15, 0.2) is 34.7 Å². The van der Waals surface area contributed by atoms with Gasteiger partial charge in [0.2, 0.25) is 5.78 Å². The van der Waals surface area contributed by atoms with Gasteiger partial charge in [0.1, 0.15) is 23.2 Å². The van der Waals surface area contributed by atoms with Gasteiger partial charge in [0.15, 0.2) is 5.78 Å². The monoisotopic (exact) mass is 364 g/mol. The summed E-state index contributed by atoms with van der Waals surface area (Å²) >= 11 is 0. The predicted molar refractivity (Wildman–Crippen MR) is 101 cm³/mol. The van der Waals surface area contributed by atoms with E-state index in [1.165, 1.54) is 0 Å². The van der Waals surface area contributed by atoms with Crippen LogP contribution in [-0.2, 0) is 0 Å². The van der Waals surface area contributed by atoms with E-state index in [4.69, 9.17) is 9.15 Å². The van der Waals surface area contributed by atoms with E-state index in [0.717, 1.165) is 10.9 Å². The molecule has 1 aliphatic carbocycles. The first kappa shape index (κ1) is 17.5. The van der Waals surface area contributed by atoms with E-state index in [0.29, 0.717) is 28.2 Å². The van der Waals surface area contributed by atoms with E-state index in [1.54, 1.807) is 37.3 Å². The van der Waals surface area contributed by atoms with Crippen LogP contribution in [0.2, 0.25) is 0 Å². The first-order valence-corrected chi connectivity index (χ1v) is 8.93. The average molecular weight is 364 g/mol. The Hall–Kier alpha value is -2.92. The molecule has 138 valence electrons. The number of ketones is 2. The van der Waals surface area contributed by atoms with Crippen LogP contribution in [0.1, 0.15) is 70.0 Å². The number of carbonyl (C=O) groups excluding carboxylic acids is 2. The van der Waals surface area contributed by atoms with Crippen LogP contribution in [-0.4, -0.2) is 22.8 Å². The molecule has 0 radical (unpaired) electrons. The number of hydrogen-bond acceptors (Lipinski definition) is 5. The number of fused-ring (bicyclic) bond motifs is 4. The van der Waals surface area contributed by atoms with Crippen LogP contribution in [0.5, 0.6) is 5.75 Å². The molecule has 5 heteroatoms. The summed E-state index contributed by atoms with van der Waals surface area (Å²) < 4.78 is 11.6. The van der Waals surface area contributed by atoms with Gasteiger partial charge in [0, 0.05) is 16.5 Å².